The van der Waals surface area contributed by atoms with E-state index < -0.39 is 0 Å². The molecule has 0 spiro atoms. The summed E-state index contributed by atoms with van der Waals surface area (Å²) in [5, 5.41) is 0. The average Bonchev–Trinajstić information content (AvgIpc) is 2.68. The van der Waals surface area contributed by atoms with Crippen LogP contribution < -0.4 is 0 Å². The van der Waals surface area contributed by atoms with Gasteiger partial charge in [-0.05, 0) is 52.0 Å². The molecule has 4 unspecified atom stereocenters. The van der Waals surface area contributed by atoms with Gasteiger partial charge in [0.15, 0.2) is 0 Å². The van der Waals surface area contributed by atoms with Gasteiger partial charge >= 0.3 is 0 Å². The Morgan fingerprint density at radius 1 is 1.17 bits per heavy atom. The summed E-state index contributed by atoms with van der Waals surface area (Å²) in [5.41, 5.74) is 0. The monoisotopic (exact) mass is 251 g/mol. The van der Waals surface area contributed by atoms with Crippen LogP contribution in [-0.4, -0.2) is 36.7 Å². The number of ether oxygens (including phenoxy) is 1. The van der Waals surface area contributed by atoms with Gasteiger partial charge < -0.3 is 4.74 Å². The number of hydrogen-bond acceptors (Lipinski definition) is 2. The molecule has 0 aromatic heterocycles. The van der Waals surface area contributed by atoms with E-state index in [1.807, 2.05) is 0 Å². The van der Waals surface area contributed by atoms with Gasteiger partial charge in [0.1, 0.15) is 0 Å². The van der Waals surface area contributed by atoms with E-state index in [1.54, 1.807) is 0 Å². The molecule has 0 radical (unpaired) electrons. The maximum atomic E-state index is 5.63. The van der Waals surface area contributed by atoms with Crippen LogP contribution in [-0.2, 0) is 4.74 Å². The van der Waals surface area contributed by atoms with Crippen LogP contribution >= 0.6 is 0 Å². The molecule has 2 saturated heterocycles. The van der Waals surface area contributed by atoms with Gasteiger partial charge in [-0.2, -0.15) is 0 Å². The first-order valence-electron chi connectivity index (χ1n) is 7.59. The summed E-state index contributed by atoms with van der Waals surface area (Å²) in [6, 6.07) is 1.37. The van der Waals surface area contributed by atoms with Crippen molar-refractivity contribution in [3.63, 3.8) is 0 Å². The van der Waals surface area contributed by atoms with Crippen molar-refractivity contribution in [2.45, 2.75) is 52.6 Å². The highest BCUT2D eigenvalue weighted by Gasteiger charge is 2.30. The minimum absolute atomic E-state index is 0.647. The van der Waals surface area contributed by atoms with Crippen LogP contribution in [0.5, 0.6) is 0 Å². The van der Waals surface area contributed by atoms with Gasteiger partial charge in [-0.3, -0.25) is 4.90 Å². The molecule has 0 bridgehead atoms. The lowest BCUT2D eigenvalue weighted by Crippen LogP contribution is -2.35. The summed E-state index contributed by atoms with van der Waals surface area (Å²) >= 11 is 0. The minimum atomic E-state index is 0.647. The molecule has 2 aliphatic rings. The van der Waals surface area contributed by atoms with E-state index in [0.29, 0.717) is 18.0 Å². The molecule has 0 aromatic carbocycles. The standard InChI is InChI=1S/C16H29NO/c1-12(2)17-8-7-16(14(17)4)6-5-15-9-13(3)10-18-11-15/h5-6,12-16H,7-11H2,1-4H3/b6-5+. The molecule has 2 heterocycles. The second-order valence-corrected chi connectivity index (χ2v) is 6.55. The van der Waals surface area contributed by atoms with Crippen molar-refractivity contribution in [3.05, 3.63) is 12.2 Å². The molecule has 2 aliphatic heterocycles. The molecule has 0 aliphatic carbocycles. The van der Waals surface area contributed by atoms with Gasteiger partial charge in [-0.1, -0.05) is 19.1 Å². The first kappa shape index (κ1) is 14.1. The van der Waals surface area contributed by atoms with E-state index in [2.05, 4.69) is 44.7 Å². The summed E-state index contributed by atoms with van der Waals surface area (Å²) in [7, 11) is 0. The largest absolute Gasteiger partial charge is 0.381 e. The van der Waals surface area contributed by atoms with E-state index >= 15 is 0 Å². The van der Waals surface area contributed by atoms with E-state index in [-0.39, 0.29) is 0 Å². The van der Waals surface area contributed by atoms with Crippen molar-refractivity contribution in [1.82, 2.24) is 4.90 Å². The molecule has 0 saturated carbocycles. The molecule has 2 heteroatoms. The lowest BCUT2D eigenvalue weighted by Gasteiger charge is -2.28. The third-order valence-corrected chi connectivity index (χ3v) is 4.60. The SMILES string of the molecule is CC1COCC(/C=C/C2CCN(C(C)C)C2C)C1. The normalized spacial score (nSPS) is 38.9. The van der Waals surface area contributed by atoms with Gasteiger partial charge in [0.05, 0.1) is 6.61 Å². The van der Waals surface area contributed by atoms with Crippen LogP contribution in [0.15, 0.2) is 12.2 Å². The Hall–Kier alpha value is -0.340. The predicted molar refractivity (Wildman–Crippen MR) is 76.6 cm³/mol. The van der Waals surface area contributed by atoms with Crippen molar-refractivity contribution in [1.29, 1.82) is 0 Å². The molecular weight excluding hydrogens is 222 g/mol. The maximum absolute atomic E-state index is 5.63. The Kier molecular flexibility index (Phi) is 4.85. The maximum Gasteiger partial charge on any atom is 0.0529 e. The smallest absolute Gasteiger partial charge is 0.0529 e. The molecule has 2 nitrogen and oxygen atoms in total. The fourth-order valence-electron chi connectivity index (χ4n) is 3.48. The highest BCUT2D eigenvalue weighted by atomic mass is 16.5. The van der Waals surface area contributed by atoms with E-state index in [9.17, 15) is 0 Å². The molecule has 2 rings (SSSR count). The molecule has 0 amide bonds. The zero-order chi connectivity index (χ0) is 13.1. The van der Waals surface area contributed by atoms with E-state index in [0.717, 1.165) is 25.0 Å². The van der Waals surface area contributed by atoms with Gasteiger partial charge in [-0.15, -0.1) is 0 Å². The Balaban J connectivity index is 1.86. The van der Waals surface area contributed by atoms with Crippen molar-refractivity contribution in [2.75, 3.05) is 19.8 Å². The fourth-order valence-corrected chi connectivity index (χ4v) is 3.48. The van der Waals surface area contributed by atoms with Crippen LogP contribution in [0.4, 0.5) is 0 Å². The Labute approximate surface area is 112 Å². The highest BCUT2D eigenvalue weighted by Crippen LogP contribution is 2.28. The Morgan fingerprint density at radius 3 is 2.56 bits per heavy atom. The van der Waals surface area contributed by atoms with Crippen LogP contribution in [0.25, 0.3) is 0 Å². The fraction of sp³-hybridized carbons (Fsp3) is 0.875. The lowest BCUT2D eigenvalue weighted by molar-refractivity contribution is 0.0362. The lowest BCUT2D eigenvalue weighted by atomic mass is 9.92. The third-order valence-electron chi connectivity index (χ3n) is 4.60. The van der Waals surface area contributed by atoms with Crippen molar-refractivity contribution >= 4 is 0 Å². The number of hydrogen-bond donors (Lipinski definition) is 0. The van der Waals surface area contributed by atoms with Crippen LogP contribution in [0.1, 0.15) is 40.5 Å². The summed E-state index contributed by atoms with van der Waals surface area (Å²) in [6.45, 7) is 12.4. The summed E-state index contributed by atoms with van der Waals surface area (Å²) < 4.78 is 5.63. The van der Waals surface area contributed by atoms with Crippen molar-refractivity contribution < 1.29 is 4.74 Å². The molecular formula is C16H29NO. The first-order chi connectivity index (χ1) is 8.58. The van der Waals surface area contributed by atoms with Gasteiger partial charge in [0, 0.05) is 24.6 Å². The van der Waals surface area contributed by atoms with Gasteiger partial charge in [0.25, 0.3) is 0 Å². The quantitative estimate of drug-likeness (QED) is 0.713. The number of nitrogens with zero attached hydrogens (tertiary/aromatic N) is 1. The topological polar surface area (TPSA) is 12.5 Å². The van der Waals surface area contributed by atoms with Crippen LogP contribution in [0.3, 0.4) is 0 Å². The molecule has 0 aromatic rings. The predicted octanol–water partition coefficient (Wildman–Crippen LogP) is 3.33. The number of likely N-dealkylation sites (tertiary alicyclic amines) is 1. The zero-order valence-electron chi connectivity index (χ0n) is 12.4. The second-order valence-electron chi connectivity index (χ2n) is 6.55. The van der Waals surface area contributed by atoms with E-state index in [4.69, 9.17) is 4.74 Å². The van der Waals surface area contributed by atoms with Gasteiger partial charge in [0.2, 0.25) is 0 Å². The van der Waals surface area contributed by atoms with E-state index in [1.165, 1.54) is 19.4 Å². The molecule has 4 atom stereocenters. The number of rotatable bonds is 3. The highest BCUT2D eigenvalue weighted by molar-refractivity contribution is 5.01. The molecule has 0 N–H and O–H groups in total. The summed E-state index contributed by atoms with van der Waals surface area (Å²) in [4.78, 5) is 2.62. The zero-order valence-corrected chi connectivity index (χ0v) is 12.4. The van der Waals surface area contributed by atoms with Crippen LogP contribution in [0.2, 0.25) is 0 Å². The average molecular weight is 251 g/mol. The molecule has 18 heavy (non-hydrogen) atoms. The third kappa shape index (κ3) is 3.36. The molecule has 104 valence electrons. The van der Waals surface area contributed by atoms with Crippen LogP contribution in [0, 0.1) is 17.8 Å². The first-order valence-corrected chi connectivity index (χ1v) is 7.59. The van der Waals surface area contributed by atoms with Crippen molar-refractivity contribution in [3.8, 4) is 0 Å². The Bertz CT molecular complexity index is 287. The second kappa shape index (κ2) is 6.21. The summed E-state index contributed by atoms with van der Waals surface area (Å²) in [5.74, 6) is 2.11. The Morgan fingerprint density at radius 2 is 1.94 bits per heavy atom. The minimum Gasteiger partial charge on any atom is -0.381 e. The summed E-state index contributed by atoms with van der Waals surface area (Å²) in [6.07, 6.45) is 7.52. The van der Waals surface area contributed by atoms with Gasteiger partial charge in [-0.25, -0.2) is 0 Å². The van der Waals surface area contributed by atoms with Crippen molar-refractivity contribution in [2.24, 2.45) is 17.8 Å². The molecule has 2 fully saturated rings.